The van der Waals surface area contributed by atoms with Crippen molar-refractivity contribution in [3.05, 3.63) is 48.2 Å². The summed E-state index contributed by atoms with van der Waals surface area (Å²) in [4.78, 5) is 12.9. The van der Waals surface area contributed by atoms with Gasteiger partial charge < -0.3 is 19.6 Å². The number of likely N-dealkylation sites (N-methyl/N-ethyl adjacent to an activating group) is 1. The minimum atomic E-state index is -0.764. The van der Waals surface area contributed by atoms with Gasteiger partial charge in [0.25, 0.3) is 5.95 Å². The van der Waals surface area contributed by atoms with Gasteiger partial charge in [0.15, 0.2) is 0 Å². The molecule has 1 aliphatic rings. The number of hydrogen-bond donors (Lipinski definition) is 2. The predicted octanol–water partition coefficient (Wildman–Crippen LogP) is 3.10. The number of carbonyl (C=O) groups is 1. The molecule has 1 aromatic heterocycles. The van der Waals surface area contributed by atoms with E-state index >= 15 is 0 Å². The third-order valence-corrected chi connectivity index (χ3v) is 4.54. The second-order valence-corrected chi connectivity index (χ2v) is 6.30. The SMILES string of the molecule is CCN(CC(=O)O)C1CC(NCc2ccc(Oc3ccccc3)o2)C1. The van der Waals surface area contributed by atoms with Crippen molar-refractivity contribution in [2.45, 2.75) is 38.4 Å². The van der Waals surface area contributed by atoms with Gasteiger partial charge in [0.05, 0.1) is 13.1 Å². The summed E-state index contributed by atoms with van der Waals surface area (Å²) in [5, 5.41) is 12.4. The van der Waals surface area contributed by atoms with Crippen LogP contribution in [0.3, 0.4) is 0 Å². The van der Waals surface area contributed by atoms with Gasteiger partial charge in [-0.2, -0.15) is 0 Å². The van der Waals surface area contributed by atoms with Gasteiger partial charge in [0.1, 0.15) is 11.5 Å². The molecule has 0 unspecified atom stereocenters. The third-order valence-electron chi connectivity index (χ3n) is 4.54. The minimum absolute atomic E-state index is 0.117. The maximum atomic E-state index is 10.9. The fourth-order valence-corrected chi connectivity index (χ4v) is 3.08. The smallest absolute Gasteiger partial charge is 0.317 e. The van der Waals surface area contributed by atoms with E-state index in [4.69, 9.17) is 14.3 Å². The van der Waals surface area contributed by atoms with E-state index in [1.807, 2.05) is 54.3 Å². The zero-order valence-corrected chi connectivity index (χ0v) is 14.4. The lowest BCUT2D eigenvalue weighted by molar-refractivity contribution is -0.139. The van der Waals surface area contributed by atoms with Crippen LogP contribution in [0.25, 0.3) is 0 Å². The molecule has 3 rings (SSSR count). The van der Waals surface area contributed by atoms with E-state index in [-0.39, 0.29) is 6.54 Å². The summed E-state index contributed by atoms with van der Waals surface area (Å²) in [5.41, 5.74) is 0. The van der Waals surface area contributed by atoms with Gasteiger partial charge in [-0.3, -0.25) is 9.69 Å². The average molecular weight is 344 g/mol. The summed E-state index contributed by atoms with van der Waals surface area (Å²) in [6.45, 7) is 3.52. The molecular formula is C19H24N2O4. The number of hydrogen-bond acceptors (Lipinski definition) is 5. The first-order valence-corrected chi connectivity index (χ1v) is 8.65. The van der Waals surface area contributed by atoms with Crippen LogP contribution in [-0.4, -0.2) is 41.1 Å². The van der Waals surface area contributed by atoms with Gasteiger partial charge in [-0.25, -0.2) is 0 Å². The number of nitrogens with zero attached hydrogens (tertiary/aromatic N) is 1. The molecule has 6 nitrogen and oxygen atoms in total. The standard InChI is InChI=1S/C19H24N2O4/c1-2-21(13-18(22)23)15-10-14(11-15)20-12-17-8-9-19(25-17)24-16-6-4-3-5-7-16/h3-9,14-15,20H,2,10-13H2,1H3,(H,22,23). The van der Waals surface area contributed by atoms with E-state index in [1.165, 1.54) is 0 Å². The summed E-state index contributed by atoms with van der Waals surface area (Å²) in [6.07, 6.45) is 1.93. The van der Waals surface area contributed by atoms with Crippen molar-refractivity contribution in [2.24, 2.45) is 0 Å². The Morgan fingerprint density at radius 2 is 2.04 bits per heavy atom. The summed E-state index contributed by atoms with van der Waals surface area (Å²) in [7, 11) is 0. The van der Waals surface area contributed by atoms with Gasteiger partial charge in [-0.05, 0) is 37.6 Å². The first kappa shape index (κ1) is 17.5. The van der Waals surface area contributed by atoms with Crippen LogP contribution in [0.1, 0.15) is 25.5 Å². The highest BCUT2D eigenvalue weighted by molar-refractivity contribution is 5.69. The Balaban J connectivity index is 1.41. The van der Waals surface area contributed by atoms with Crippen molar-refractivity contribution in [3.8, 4) is 11.7 Å². The van der Waals surface area contributed by atoms with E-state index in [0.29, 0.717) is 24.6 Å². The molecule has 2 N–H and O–H groups in total. The summed E-state index contributed by atoms with van der Waals surface area (Å²) < 4.78 is 11.3. The average Bonchev–Trinajstić information content (AvgIpc) is 3.00. The Hall–Kier alpha value is -2.31. The molecular weight excluding hydrogens is 320 g/mol. The number of carboxylic acids is 1. The van der Waals surface area contributed by atoms with Gasteiger partial charge in [0, 0.05) is 18.2 Å². The summed E-state index contributed by atoms with van der Waals surface area (Å²) >= 11 is 0. The molecule has 0 bridgehead atoms. The van der Waals surface area contributed by atoms with Crippen molar-refractivity contribution in [1.82, 2.24) is 10.2 Å². The highest BCUT2D eigenvalue weighted by Gasteiger charge is 2.33. The van der Waals surface area contributed by atoms with Crippen molar-refractivity contribution < 1.29 is 19.1 Å². The van der Waals surface area contributed by atoms with Gasteiger partial charge in [-0.15, -0.1) is 0 Å². The molecule has 0 aliphatic heterocycles. The molecule has 25 heavy (non-hydrogen) atoms. The summed E-state index contributed by atoms with van der Waals surface area (Å²) in [5.74, 6) is 1.29. The fourth-order valence-electron chi connectivity index (χ4n) is 3.08. The van der Waals surface area contributed by atoms with Crippen LogP contribution >= 0.6 is 0 Å². The van der Waals surface area contributed by atoms with Crippen molar-refractivity contribution >= 4 is 5.97 Å². The maximum Gasteiger partial charge on any atom is 0.317 e. The number of aliphatic carboxylic acids is 1. The molecule has 1 heterocycles. The molecule has 0 spiro atoms. The molecule has 134 valence electrons. The second-order valence-electron chi connectivity index (χ2n) is 6.30. The molecule has 6 heteroatoms. The fraction of sp³-hybridized carbons (Fsp3) is 0.421. The first-order chi connectivity index (χ1) is 12.1. The Morgan fingerprint density at radius 1 is 1.28 bits per heavy atom. The Bertz CT molecular complexity index is 680. The lowest BCUT2D eigenvalue weighted by Crippen LogP contribution is -2.53. The quantitative estimate of drug-likeness (QED) is 0.728. The molecule has 1 saturated carbocycles. The summed E-state index contributed by atoms with van der Waals surface area (Å²) in [6, 6.07) is 14.0. The zero-order chi connectivity index (χ0) is 17.6. The Labute approximate surface area is 147 Å². The Morgan fingerprint density at radius 3 is 2.72 bits per heavy atom. The third kappa shape index (κ3) is 4.84. The molecule has 1 aromatic carbocycles. The number of furan rings is 1. The number of ether oxygens (including phenoxy) is 1. The van der Waals surface area contributed by atoms with E-state index in [0.717, 1.165) is 30.9 Å². The molecule has 0 radical (unpaired) electrons. The highest BCUT2D eigenvalue weighted by Crippen LogP contribution is 2.27. The van der Waals surface area contributed by atoms with E-state index in [2.05, 4.69) is 5.32 Å². The normalized spacial score (nSPS) is 19.6. The minimum Gasteiger partial charge on any atom is -0.480 e. The monoisotopic (exact) mass is 344 g/mol. The second kappa shape index (κ2) is 8.18. The van der Waals surface area contributed by atoms with Crippen LogP contribution in [0, 0.1) is 0 Å². The first-order valence-electron chi connectivity index (χ1n) is 8.65. The van der Waals surface area contributed by atoms with Crippen LogP contribution in [-0.2, 0) is 11.3 Å². The van der Waals surface area contributed by atoms with Crippen molar-refractivity contribution in [3.63, 3.8) is 0 Å². The molecule has 1 fully saturated rings. The molecule has 0 amide bonds. The van der Waals surface area contributed by atoms with Crippen LogP contribution < -0.4 is 10.1 Å². The lowest BCUT2D eigenvalue weighted by atomic mass is 9.85. The van der Waals surface area contributed by atoms with Crippen LogP contribution in [0.4, 0.5) is 0 Å². The number of para-hydroxylation sites is 1. The lowest BCUT2D eigenvalue weighted by Gasteiger charge is -2.42. The number of rotatable bonds is 9. The molecule has 1 aliphatic carbocycles. The largest absolute Gasteiger partial charge is 0.480 e. The van der Waals surface area contributed by atoms with E-state index in [1.54, 1.807) is 0 Å². The maximum absolute atomic E-state index is 10.9. The molecule has 2 aromatic rings. The predicted molar refractivity (Wildman–Crippen MR) is 93.8 cm³/mol. The van der Waals surface area contributed by atoms with Crippen LogP contribution in [0.5, 0.6) is 11.7 Å². The van der Waals surface area contributed by atoms with Crippen LogP contribution in [0.2, 0.25) is 0 Å². The zero-order valence-electron chi connectivity index (χ0n) is 14.4. The van der Waals surface area contributed by atoms with Gasteiger partial charge in [-0.1, -0.05) is 25.1 Å². The van der Waals surface area contributed by atoms with Crippen molar-refractivity contribution in [1.29, 1.82) is 0 Å². The van der Waals surface area contributed by atoms with Gasteiger partial charge >= 0.3 is 5.97 Å². The van der Waals surface area contributed by atoms with Crippen molar-refractivity contribution in [2.75, 3.05) is 13.1 Å². The Kier molecular flexibility index (Phi) is 5.73. The van der Waals surface area contributed by atoms with Gasteiger partial charge in [0.2, 0.25) is 0 Å². The number of nitrogens with one attached hydrogen (secondary N) is 1. The highest BCUT2D eigenvalue weighted by atomic mass is 16.6. The van der Waals surface area contributed by atoms with Crippen LogP contribution in [0.15, 0.2) is 46.9 Å². The molecule has 0 atom stereocenters. The number of benzene rings is 1. The number of carboxylic acid groups (broad SMARTS) is 1. The van der Waals surface area contributed by atoms with E-state index in [9.17, 15) is 4.79 Å². The topological polar surface area (TPSA) is 74.9 Å². The molecule has 0 saturated heterocycles. The van der Waals surface area contributed by atoms with E-state index < -0.39 is 5.97 Å².